The second-order valence-electron chi connectivity index (χ2n) is 6.53. The standard InChI is InChI=1S/C21H18FN3O3S/c1-14-4-3-11-25-13-18(23-21(14)25)15-5-8-17(9-6-15)24-29(26,27)20-12-16(22)7-10-19(20)28-2/h3-13,24H,1-2H3. The molecule has 29 heavy (non-hydrogen) atoms. The van der Waals surface area contributed by atoms with Gasteiger partial charge in [-0.3, -0.25) is 4.72 Å². The summed E-state index contributed by atoms with van der Waals surface area (Å²) in [5.74, 6) is -0.598. The number of hydrogen-bond acceptors (Lipinski definition) is 4. The molecule has 0 aliphatic rings. The molecule has 0 radical (unpaired) electrons. The van der Waals surface area contributed by atoms with Crippen LogP contribution in [0.15, 0.2) is 71.9 Å². The minimum absolute atomic E-state index is 0.0654. The number of methoxy groups -OCH3 is 1. The Labute approximate surface area is 167 Å². The van der Waals surface area contributed by atoms with Crippen LogP contribution in [0.25, 0.3) is 16.9 Å². The Morgan fingerprint density at radius 1 is 1.10 bits per heavy atom. The molecule has 2 aromatic heterocycles. The Morgan fingerprint density at radius 2 is 1.86 bits per heavy atom. The predicted octanol–water partition coefficient (Wildman–Crippen LogP) is 4.26. The van der Waals surface area contributed by atoms with Gasteiger partial charge in [-0.25, -0.2) is 17.8 Å². The van der Waals surface area contributed by atoms with E-state index >= 15 is 0 Å². The van der Waals surface area contributed by atoms with Crippen molar-refractivity contribution in [2.75, 3.05) is 11.8 Å². The van der Waals surface area contributed by atoms with Gasteiger partial charge < -0.3 is 9.14 Å². The van der Waals surface area contributed by atoms with Crippen LogP contribution in [-0.2, 0) is 10.0 Å². The van der Waals surface area contributed by atoms with Gasteiger partial charge in [-0.05, 0) is 48.9 Å². The number of ether oxygens (including phenoxy) is 1. The molecule has 0 saturated heterocycles. The Morgan fingerprint density at radius 3 is 2.55 bits per heavy atom. The normalized spacial score (nSPS) is 11.6. The molecule has 2 heterocycles. The van der Waals surface area contributed by atoms with E-state index in [1.807, 2.05) is 35.9 Å². The molecule has 4 aromatic rings. The SMILES string of the molecule is COc1ccc(F)cc1S(=O)(=O)Nc1ccc(-c2cn3cccc(C)c3n2)cc1. The highest BCUT2D eigenvalue weighted by molar-refractivity contribution is 7.92. The van der Waals surface area contributed by atoms with Crippen LogP contribution < -0.4 is 9.46 Å². The van der Waals surface area contributed by atoms with E-state index in [9.17, 15) is 12.8 Å². The van der Waals surface area contributed by atoms with Crippen molar-refractivity contribution in [1.29, 1.82) is 0 Å². The average Bonchev–Trinajstić information content (AvgIpc) is 3.14. The summed E-state index contributed by atoms with van der Waals surface area (Å²) in [5.41, 5.74) is 3.90. The molecule has 1 N–H and O–H groups in total. The molecule has 4 rings (SSSR count). The minimum atomic E-state index is -4.02. The number of halogens is 1. The van der Waals surface area contributed by atoms with Crippen molar-refractivity contribution >= 4 is 21.4 Å². The molecular weight excluding hydrogens is 393 g/mol. The van der Waals surface area contributed by atoms with Gasteiger partial charge in [0.1, 0.15) is 22.1 Å². The van der Waals surface area contributed by atoms with Crippen molar-refractivity contribution < 1.29 is 17.5 Å². The molecule has 6 nitrogen and oxygen atoms in total. The smallest absolute Gasteiger partial charge is 0.265 e. The van der Waals surface area contributed by atoms with Crippen LogP contribution in [0.5, 0.6) is 5.75 Å². The van der Waals surface area contributed by atoms with Gasteiger partial charge in [0, 0.05) is 23.6 Å². The molecule has 0 atom stereocenters. The summed E-state index contributed by atoms with van der Waals surface area (Å²) in [6, 6.07) is 14.1. The number of hydrogen-bond donors (Lipinski definition) is 1. The number of aryl methyl sites for hydroxylation is 1. The Balaban J connectivity index is 1.62. The van der Waals surface area contributed by atoms with Crippen LogP contribution in [0.1, 0.15) is 5.56 Å². The lowest BCUT2D eigenvalue weighted by molar-refractivity contribution is 0.401. The van der Waals surface area contributed by atoms with Crippen molar-refractivity contribution in [3.63, 3.8) is 0 Å². The fraction of sp³-hybridized carbons (Fsp3) is 0.0952. The summed E-state index contributed by atoms with van der Waals surface area (Å²) >= 11 is 0. The Kier molecular flexibility index (Phi) is 4.71. The molecule has 0 fully saturated rings. The molecule has 0 unspecified atom stereocenters. The summed E-state index contributed by atoms with van der Waals surface area (Å²) in [7, 11) is -2.69. The highest BCUT2D eigenvalue weighted by Crippen LogP contribution is 2.28. The maximum absolute atomic E-state index is 13.6. The lowest BCUT2D eigenvalue weighted by Gasteiger charge is -2.12. The third-order valence-electron chi connectivity index (χ3n) is 4.53. The van der Waals surface area contributed by atoms with Gasteiger partial charge >= 0.3 is 0 Å². The van der Waals surface area contributed by atoms with E-state index in [4.69, 9.17) is 4.74 Å². The van der Waals surface area contributed by atoms with Crippen molar-refractivity contribution in [2.24, 2.45) is 0 Å². The largest absolute Gasteiger partial charge is 0.495 e. The quantitative estimate of drug-likeness (QED) is 0.533. The zero-order valence-electron chi connectivity index (χ0n) is 15.8. The van der Waals surface area contributed by atoms with E-state index in [1.54, 1.807) is 24.3 Å². The number of nitrogens with one attached hydrogen (secondary N) is 1. The van der Waals surface area contributed by atoms with E-state index in [1.165, 1.54) is 13.2 Å². The maximum Gasteiger partial charge on any atom is 0.265 e. The predicted molar refractivity (Wildman–Crippen MR) is 109 cm³/mol. The third-order valence-corrected chi connectivity index (χ3v) is 5.93. The van der Waals surface area contributed by atoms with Crippen LogP contribution in [-0.4, -0.2) is 24.9 Å². The average molecular weight is 411 g/mol. The van der Waals surface area contributed by atoms with Gasteiger partial charge in [-0.15, -0.1) is 0 Å². The Bertz CT molecular complexity index is 1300. The number of pyridine rings is 1. The summed E-state index contributed by atoms with van der Waals surface area (Å²) < 4.78 is 48.3. The zero-order valence-corrected chi connectivity index (χ0v) is 16.6. The minimum Gasteiger partial charge on any atom is -0.495 e. The summed E-state index contributed by atoms with van der Waals surface area (Å²) in [5, 5.41) is 0. The van der Waals surface area contributed by atoms with Gasteiger partial charge in [0.05, 0.1) is 12.8 Å². The molecule has 0 aliphatic carbocycles. The number of nitrogens with zero attached hydrogens (tertiary/aromatic N) is 2. The molecule has 0 amide bonds. The van der Waals surface area contributed by atoms with Gasteiger partial charge in [-0.2, -0.15) is 0 Å². The third kappa shape index (κ3) is 3.66. The molecule has 0 spiro atoms. The van der Waals surface area contributed by atoms with Gasteiger partial charge in [0.2, 0.25) is 0 Å². The second-order valence-corrected chi connectivity index (χ2v) is 8.18. The lowest BCUT2D eigenvalue weighted by atomic mass is 10.1. The first-order valence-corrected chi connectivity index (χ1v) is 10.3. The number of benzene rings is 2. The summed E-state index contributed by atoms with van der Waals surface area (Å²) in [6.07, 6.45) is 3.84. The first-order chi connectivity index (χ1) is 13.9. The number of anilines is 1. The highest BCUT2D eigenvalue weighted by Gasteiger charge is 2.20. The number of imidazole rings is 1. The van der Waals surface area contributed by atoms with E-state index in [0.29, 0.717) is 5.69 Å². The van der Waals surface area contributed by atoms with Crippen molar-refractivity contribution in [3.05, 3.63) is 78.4 Å². The van der Waals surface area contributed by atoms with Crippen LogP contribution in [0.3, 0.4) is 0 Å². The zero-order chi connectivity index (χ0) is 20.6. The van der Waals surface area contributed by atoms with Crippen LogP contribution >= 0.6 is 0 Å². The topological polar surface area (TPSA) is 72.7 Å². The monoisotopic (exact) mass is 411 g/mol. The fourth-order valence-electron chi connectivity index (χ4n) is 3.07. The molecule has 2 aromatic carbocycles. The van der Waals surface area contributed by atoms with Gasteiger partial charge in [0.25, 0.3) is 10.0 Å². The first-order valence-electron chi connectivity index (χ1n) is 8.78. The van der Waals surface area contributed by atoms with Crippen molar-refractivity contribution in [2.45, 2.75) is 11.8 Å². The van der Waals surface area contributed by atoms with E-state index in [2.05, 4.69) is 9.71 Å². The highest BCUT2D eigenvalue weighted by atomic mass is 32.2. The summed E-state index contributed by atoms with van der Waals surface area (Å²) in [4.78, 5) is 4.37. The molecule has 0 bridgehead atoms. The number of sulfonamides is 1. The molecule has 148 valence electrons. The molecular formula is C21H18FN3O3S. The van der Waals surface area contributed by atoms with E-state index in [-0.39, 0.29) is 10.6 Å². The number of aromatic nitrogens is 2. The van der Waals surface area contributed by atoms with Crippen LogP contribution in [0, 0.1) is 12.7 Å². The van der Waals surface area contributed by atoms with E-state index in [0.717, 1.165) is 34.6 Å². The second kappa shape index (κ2) is 7.21. The number of fused-ring (bicyclic) bond motifs is 1. The fourth-order valence-corrected chi connectivity index (χ4v) is 4.31. The van der Waals surface area contributed by atoms with Crippen molar-refractivity contribution in [1.82, 2.24) is 9.38 Å². The maximum atomic E-state index is 13.6. The Hall–Kier alpha value is -3.39. The first kappa shape index (κ1) is 18.9. The van der Waals surface area contributed by atoms with Crippen LogP contribution in [0.4, 0.5) is 10.1 Å². The summed E-state index contributed by atoms with van der Waals surface area (Å²) in [6.45, 7) is 1.99. The van der Waals surface area contributed by atoms with Crippen LogP contribution in [0.2, 0.25) is 0 Å². The van der Waals surface area contributed by atoms with Crippen molar-refractivity contribution in [3.8, 4) is 17.0 Å². The molecule has 0 aliphatic heterocycles. The molecule has 8 heteroatoms. The van der Waals surface area contributed by atoms with Gasteiger partial charge in [0.15, 0.2) is 0 Å². The van der Waals surface area contributed by atoms with E-state index < -0.39 is 15.8 Å². The van der Waals surface area contributed by atoms with Gasteiger partial charge in [-0.1, -0.05) is 18.2 Å². The molecule has 0 saturated carbocycles. The number of rotatable bonds is 5. The lowest BCUT2D eigenvalue weighted by Crippen LogP contribution is -2.14.